The number of phenolic OH excluding ortho intramolecular Hbond substituents is 2. The second kappa shape index (κ2) is 3.44. The van der Waals surface area contributed by atoms with Crippen LogP contribution in [0, 0.1) is 6.92 Å². The van der Waals surface area contributed by atoms with Crippen molar-refractivity contribution < 1.29 is 19.4 Å². The van der Waals surface area contributed by atoms with Gasteiger partial charge >= 0.3 is 0 Å². The average molecular weight is 222 g/mol. The number of phenols is 2. The number of rotatable bonds is 1. The highest BCUT2D eigenvalue weighted by atomic mass is 16.5. The van der Waals surface area contributed by atoms with Crippen molar-refractivity contribution in [2.45, 2.75) is 6.92 Å². The fourth-order valence-corrected chi connectivity index (χ4v) is 1.55. The number of fused-ring (bicyclic) bond motifs is 1. The molecule has 0 atom stereocenters. The number of ether oxygens (including phenoxy) is 1. The lowest BCUT2D eigenvalue weighted by atomic mass is 10.2. The zero-order valence-corrected chi connectivity index (χ0v) is 8.77. The molecule has 2 N–H and O–H groups in total. The summed E-state index contributed by atoms with van der Waals surface area (Å²) in [6, 6.07) is 2.34. The molecule has 84 valence electrons. The largest absolute Gasteiger partial charge is 0.504 e. The lowest BCUT2D eigenvalue weighted by molar-refractivity contribution is 0.382. The molecule has 2 rings (SSSR count). The minimum absolute atomic E-state index is 0.0950. The van der Waals surface area contributed by atoms with Gasteiger partial charge in [0.25, 0.3) is 0 Å². The molecule has 16 heavy (non-hydrogen) atoms. The van der Waals surface area contributed by atoms with E-state index in [0.717, 1.165) is 6.07 Å². The van der Waals surface area contributed by atoms with Crippen molar-refractivity contribution in [1.82, 2.24) is 0 Å². The van der Waals surface area contributed by atoms with Crippen molar-refractivity contribution in [1.29, 1.82) is 0 Å². The third kappa shape index (κ3) is 1.37. The van der Waals surface area contributed by atoms with Crippen LogP contribution in [0.4, 0.5) is 0 Å². The summed E-state index contributed by atoms with van der Waals surface area (Å²) in [5.41, 5.74) is -0.171. The van der Waals surface area contributed by atoms with E-state index in [1.165, 1.54) is 13.2 Å². The Morgan fingerprint density at radius 2 is 1.88 bits per heavy atom. The molecule has 0 bridgehead atoms. The molecule has 0 aliphatic heterocycles. The topological polar surface area (TPSA) is 79.9 Å². The number of benzene rings is 1. The van der Waals surface area contributed by atoms with Crippen molar-refractivity contribution in [3.8, 4) is 17.2 Å². The normalized spacial score (nSPS) is 10.6. The van der Waals surface area contributed by atoms with Gasteiger partial charge in [-0.2, -0.15) is 0 Å². The molecule has 1 heterocycles. The number of methoxy groups -OCH3 is 1. The maximum Gasteiger partial charge on any atom is 0.234 e. The molecule has 0 saturated carbocycles. The Labute approximate surface area is 90.5 Å². The molecule has 1 aromatic heterocycles. The lowest BCUT2D eigenvalue weighted by Gasteiger charge is -2.06. The van der Waals surface area contributed by atoms with Gasteiger partial charge in [-0.05, 0) is 13.0 Å². The first-order valence-electron chi connectivity index (χ1n) is 4.58. The molecule has 1 aromatic carbocycles. The Morgan fingerprint density at radius 1 is 1.25 bits per heavy atom. The van der Waals surface area contributed by atoms with E-state index in [4.69, 9.17) is 9.15 Å². The van der Waals surface area contributed by atoms with Gasteiger partial charge in [-0.15, -0.1) is 0 Å². The zero-order valence-electron chi connectivity index (χ0n) is 8.77. The van der Waals surface area contributed by atoms with Gasteiger partial charge in [0, 0.05) is 6.07 Å². The summed E-state index contributed by atoms with van der Waals surface area (Å²) in [4.78, 5) is 11.9. The summed E-state index contributed by atoms with van der Waals surface area (Å²) in [6.07, 6.45) is 0. The molecule has 5 nitrogen and oxygen atoms in total. The molecular weight excluding hydrogens is 212 g/mol. The summed E-state index contributed by atoms with van der Waals surface area (Å²) in [5, 5.41) is 18.8. The Kier molecular flexibility index (Phi) is 2.23. The molecular formula is C11H10O5. The van der Waals surface area contributed by atoms with Crippen LogP contribution in [-0.4, -0.2) is 17.3 Å². The van der Waals surface area contributed by atoms with E-state index in [1.54, 1.807) is 6.92 Å². The summed E-state index contributed by atoms with van der Waals surface area (Å²) in [7, 11) is 1.37. The first-order chi connectivity index (χ1) is 7.54. The van der Waals surface area contributed by atoms with Crippen LogP contribution in [0.5, 0.6) is 17.2 Å². The highest BCUT2D eigenvalue weighted by Gasteiger charge is 2.14. The molecule has 0 unspecified atom stereocenters. The molecule has 5 heteroatoms. The van der Waals surface area contributed by atoms with E-state index < -0.39 is 0 Å². The predicted molar refractivity (Wildman–Crippen MR) is 57.1 cm³/mol. The Bertz CT molecular complexity index is 612. The highest BCUT2D eigenvalue weighted by Crippen LogP contribution is 2.30. The Morgan fingerprint density at radius 3 is 2.50 bits per heavy atom. The van der Waals surface area contributed by atoms with Crippen molar-refractivity contribution in [2.75, 3.05) is 7.11 Å². The minimum Gasteiger partial charge on any atom is -0.504 e. The predicted octanol–water partition coefficient (Wildman–Crippen LogP) is 1.52. The van der Waals surface area contributed by atoms with Crippen LogP contribution in [-0.2, 0) is 0 Å². The van der Waals surface area contributed by atoms with Crippen molar-refractivity contribution in [3.63, 3.8) is 0 Å². The third-order valence-corrected chi connectivity index (χ3v) is 2.31. The van der Waals surface area contributed by atoms with Crippen LogP contribution in [0.25, 0.3) is 11.0 Å². The first-order valence-corrected chi connectivity index (χ1v) is 4.58. The number of aromatic hydroxyl groups is 2. The van der Waals surface area contributed by atoms with Crippen LogP contribution >= 0.6 is 0 Å². The van der Waals surface area contributed by atoms with Gasteiger partial charge in [0.1, 0.15) is 11.3 Å². The van der Waals surface area contributed by atoms with Crippen LogP contribution in [0.2, 0.25) is 0 Å². The standard InChI is InChI=1S/C11H10O5/c1-5-11(15-2)10(14)6-3-7(12)8(13)4-9(6)16-5/h3-4,12-13H,1-2H3. The summed E-state index contributed by atoms with van der Waals surface area (Å²) in [6.45, 7) is 1.59. The summed E-state index contributed by atoms with van der Waals surface area (Å²) in [5.74, 6) is -0.284. The maximum atomic E-state index is 11.9. The molecule has 0 spiro atoms. The van der Waals surface area contributed by atoms with Gasteiger partial charge in [0.2, 0.25) is 11.2 Å². The fourth-order valence-electron chi connectivity index (χ4n) is 1.55. The van der Waals surface area contributed by atoms with Crippen molar-refractivity contribution >= 4 is 11.0 Å². The Balaban J connectivity index is 2.94. The van der Waals surface area contributed by atoms with Crippen molar-refractivity contribution in [2.24, 2.45) is 0 Å². The van der Waals surface area contributed by atoms with Crippen LogP contribution in [0.3, 0.4) is 0 Å². The molecule has 0 amide bonds. The molecule has 0 radical (unpaired) electrons. The summed E-state index contributed by atoms with van der Waals surface area (Å²) >= 11 is 0. The molecule has 0 fully saturated rings. The quantitative estimate of drug-likeness (QED) is 0.715. The number of hydrogen-bond donors (Lipinski definition) is 2. The molecule has 0 aliphatic carbocycles. The van der Waals surface area contributed by atoms with Gasteiger partial charge in [0.15, 0.2) is 11.5 Å². The minimum atomic E-state index is -0.378. The van der Waals surface area contributed by atoms with Gasteiger partial charge in [0.05, 0.1) is 12.5 Å². The van der Waals surface area contributed by atoms with Gasteiger partial charge in [-0.3, -0.25) is 4.79 Å². The van der Waals surface area contributed by atoms with Crippen molar-refractivity contribution in [3.05, 3.63) is 28.1 Å². The SMILES string of the molecule is COc1c(C)oc2cc(O)c(O)cc2c1=O. The van der Waals surface area contributed by atoms with E-state index in [9.17, 15) is 15.0 Å². The number of aryl methyl sites for hydroxylation is 1. The smallest absolute Gasteiger partial charge is 0.234 e. The highest BCUT2D eigenvalue weighted by molar-refractivity contribution is 5.81. The third-order valence-electron chi connectivity index (χ3n) is 2.31. The fraction of sp³-hybridized carbons (Fsp3) is 0.182. The van der Waals surface area contributed by atoms with Crippen LogP contribution in [0.1, 0.15) is 5.76 Å². The van der Waals surface area contributed by atoms with Crippen LogP contribution < -0.4 is 10.2 Å². The lowest BCUT2D eigenvalue weighted by Crippen LogP contribution is -2.07. The second-order valence-electron chi connectivity index (χ2n) is 3.36. The average Bonchev–Trinajstić information content (AvgIpc) is 2.22. The van der Waals surface area contributed by atoms with Gasteiger partial charge in [-0.1, -0.05) is 0 Å². The zero-order chi connectivity index (χ0) is 11.9. The Hall–Kier alpha value is -2.17. The van der Waals surface area contributed by atoms with E-state index in [0.29, 0.717) is 5.76 Å². The van der Waals surface area contributed by atoms with E-state index in [2.05, 4.69) is 0 Å². The maximum absolute atomic E-state index is 11.9. The van der Waals surface area contributed by atoms with Gasteiger partial charge in [-0.25, -0.2) is 0 Å². The van der Waals surface area contributed by atoms with Gasteiger partial charge < -0.3 is 19.4 Å². The molecule has 2 aromatic rings. The second-order valence-corrected chi connectivity index (χ2v) is 3.36. The van der Waals surface area contributed by atoms with E-state index in [1.807, 2.05) is 0 Å². The monoisotopic (exact) mass is 222 g/mol. The van der Waals surface area contributed by atoms with E-state index in [-0.39, 0.29) is 33.6 Å². The first kappa shape index (κ1) is 10.4. The van der Waals surface area contributed by atoms with Crippen LogP contribution in [0.15, 0.2) is 21.3 Å². The summed E-state index contributed by atoms with van der Waals surface area (Å²) < 4.78 is 10.2. The van der Waals surface area contributed by atoms with E-state index >= 15 is 0 Å². The molecule has 0 saturated heterocycles. The number of hydrogen-bond acceptors (Lipinski definition) is 5. The molecule has 0 aliphatic rings.